The van der Waals surface area contributed by atoms with Crippen LogP contribution >= 0.6 is 0 Å². The topological polar surface area (TPSA) is 80.0 Å². The van der Waals surface area contributed by atoms with Gasteiger partial charge in [-0.1, -0.05) is 13.3 Å². The molecule has 0 unspecified atom stereocenters. The number of amides is 1. The number of aromatic nitrogens is 1. The van der Waals surface area contributed by atoms with E-state index in [0.29, 0.717) is 16.8 Å². The summed E-state index contributed by atoms with van der Waals surface area (Å²) in [5.74, 6) is 6.83. The summed E-state index contributed by atoms with van der Waals surface area (Å²) in [5, 5.41) is 3.11. The van der Waals surface area contributed by atoms with E-state index in [1.807, 2.05) is 6.07 Å². The molecule has 0 aliphatic heterocycles. The van der Waals surface area contributed by atoms with Gasteiger partial charge in [0, 0.05) is 17.8 Å². The van der Waals surface area contributed by atoms with Crippen molar-refractivity contribution in [3.8, 4) is 0 Å². The molecule has 2 aliphatic rings. The van der Waals surface area contributed by atoms with Crippen molar-refractivity contribution < 1.29 is 4.79 Å². The van der Waals surface area contributed by atoms with Crippen molar-refractivity contribution >= 4 is 11.7 Å². The average Bonchev–Trinajstić information content (AvgIpc) is 3.37. The van der Waals surface area contributed by atoms with E-state index in [1.54, 1.807) is 6.07 Å². The number of pyridine rings is 1. The van der Waals surface area contributed by atoms with Gasteiger partial charge in [0.15, 0.2) is 0 Å². The number of hydrogen-bond donors (Lipinski definition) is 3. The van der Waals surface area contributed by atoms with Crippen LogP contribution in [0.1, 0.15) is 55.1 Å². The molecule has 2 saturated carbocycles. The minimum atomic E-state index is -0.0156. The van der Waals surface area contributed by atoms with E-state index in [9.17, 15) is 4.79 Å². The van der Waals surface area contributed by atoms with Crippen LogP contribution in [0.4, 0.5) is 5.82 Å². The molecule has 1 amide bonds. The molecule has 2 fully saturated rings. The van der Waals surface area contributed by atoms with E-state index in [2.05, 4.69) is 22.7 Å². The number of carbonyl (C=O) groups excluding carboxylic acids is 1. The third-order valence-electron chi connectivity index (χ3n) is 4.73. The first-order valence-corrected chi connectivity index (χ1v) is 7.92. The molecule has 4 N–H and O–H groups in total. The van der Waals surface area contributed by atoms with Crippen LogP contribution in [0.25, 0.3) is 0 Å². The summed E-state index contributed by atoms with van der Waals surface area (Å²) >= 11 is 0. The highest BCUT2D eigenvalue weighted by molar-refractivity contribution is 5.95. The zero-order valence-electron chi connectivity index (χ0n) is 12.6. The Morgan fingerprint density at radius 3 is 2.76 bits per heavy atom. The molecule has 1 aromatic rings. The van der Waals surface area contributed by atoms with Gasteiger partial charge < -0.3 is 10.7 Å². The number of rotatable bonds is 7. The average molecular weight is 288 g/mol. The number of hydrogen-bond acceptors (Lipinski definition) is 4. The molecule has 2 aliphatic carbocycles. The minimum absolute atomic E-state index is 0.0156. The number of nitrogens with one attached hydrogen (secondary N) is 2. The molecule has 1 heterocycles. The maximum atomic E-state index is 12.4. The molecular weight excluding hydrogens is 264 g/mol. The van der Waals surface area contributed by atoms with Crippen molar-refractivity contribution in [2.45, 2.75) is 45.4 Å². The van der Waals surface area contributed by atoms with E-state index in [1.165, 1.54) is 25.7 Å². The Morgan fingerprint density at radius 1 is 1.43 bits per heavy atom. The maximum Gasteiger partial charge on any atom is 0.251 e. The molecule has 0 bridgehead atoms. The Kier molecular flexibility index (Phi) is 3.85. The quantitative estimate of drug-likeness (QED) is 0.531. The number of anilines is 1. The van der Waals surface area contributed by atoms with Gasteiger partial charge in [0.2, 0.25) is 0 Å². The minimum Gasteiger partial charge on any atom is -0.351 e. The van der Waals surface area contributed by atoms with E-state index in [4.69, 9.17) is 5.84 Å². The first-order chi connectivity index (χ1) is 10.2. The van der Waals surface area contributed by atoms with Gasteiger partial charge in [-0.2, -0.15) is 0 Å². The van der Waals surface area contributed by atoms with Crippen LogP contribution in [-0.4, -0.2) is 17.4 Å². The molecule has 0 saturated heterocycles. The molecule has 0 radical (unpaired) electrons. The lowest BCUT2D eigenvalue weighted by molar-refractivity contribution is 0.0942. The Balaban J connectivity index is 1.66. The van der Waals surface area contributed by atoms with Crippen LogP contribution in [0, 0.1) is 11.3 Å². The Morgan fingerprint density at radius 2 is 2.19 bits per heavy atom. The zero-order chi connectivity index (χ0) is 14.9. The fourth-order valence-electron chi connectivity index (χ4n) is 3.12. The molecular formula is C16H24N4O. The van der Waals surface area contributed by atoms with E-state index >= 15 is 0 Å². The van der Waals surface area contributed by atoms with Gasteiger partial charge in [-0.05, 0) is 55.6 Å². The molecule has 21 heavy (non-hydrogen) atoms. The third kappa shape index (κ3) is 3.18. The lowest BCUT2D eigenvalue weighted by Crippen LogP contribution is -2.31. The highest BCUT2D eigenvalue weighted by Gasteiger charge is 2.53. The van der Waals surface area contributed by atoms with Crippen molar-refractivity contribution in [1.29, 1.82) is 0 Å². The van der Waals surface area contributed by atoms with Crippen molar-refractivity contribution in [2.24, 2.45) is 17.2 Å². The van der Waals surface area contributed by atoms with Crippen LogP contribution in [0.2, 0.25) is 0 Å². The predicted molar refractivity (Wildman–Crippen MR) is 82.8 cm³/mol. The van der Waals surface area contributed by atoms with E-state index in [-0.39, 0.29) is 5.91 Å². The zero-order valence-corrected chi connectivity index (χ0v) is 12.6. The smallest absolute Gasteiger partial charge is 0.251 e. The number of hydrazine groups is 1. The molecule has 0 atom stereocenters. The summed E-state index contributed by atoms with van der Waals surface area (Å²) in [5.41, 5.74) is 4.51. The van der Waals surface area contributed by atoms with Crippen molar-refractivity contribution in [3.05, 3.63) is 23.4 Å². The maximum absolute atomic E-state index is 12.4. The number of carbonyl (C=O) groups is 1. The summed E-state index contributed by atoms with van der Waals surface area (Å²) in [7, 11) is 0. The molecule has 114 valence electrons. The SMILES string of the molecule is CCCc1cc(C(=O)NCC2(C3CC3)CC2)cc(NN)n1. The van der Waals surface area contributed by atoms with E-state index in [0.717, 1.165) is 31.0 Å². The van der Waals surface area contributed by atoms with Gasteiger partial charge in [0.05, 0.1) is 0 Å². The summed E-state index contributed by atoms with van der Waals surface area (Å²) in [6, 6.07) is 3.58. The first kappa shape index (κ1) is 14.3. The predicted octanol–water partition coefficient (Wildman–Crippen LogP) is 2.24. The summed E-state index contributed by atoms with van der Waals surface area (Å²) < 4.78 is 0. The molecule has 5 nitrogen and oxygen atoms in total. The van der Waals surface area contributed by atoms with Crippen LogP contribution in [0.15, 0.2) is 12.1 Å². The number of nitrogens with zero attached hydrogens (tertiary/aromatic N) is 1. The van der Waals surface area contributed by atoms with Crippen LogP contribution in [0.5, 0.6) is 0 Å². The van der Waals surface area contributed by atoms with Gasteiger partial charge in [-0.25, -0.2) is 10.8 Å². The molecule has 3 rings (SSSR count). The molecule has 0 spiro atoms. The Bertz CT molecular complexity index is 535. The Hall–Kier alpha value is -1.62. The third-order valence-corrected chi connectivity index (χ3v) is 4.73. The van der Waals surface area contributed by atoms with Crippen LogP contribution < -0.4 is 16.6 Å². The van der Waals surface area contributed by atoms with E-state index < -0.39 is 0 Å². The van der Waals surface area contributed by atoms with Crippen molar-refractivity contribution in [3.63, 3.8) is 0 Å². The highest BCUT2D eigenvalue weighted by Crippen LogP contribution is 2.60. The standard InChI is InChI=1S/C16H24N4O/c1-2-3-13-8-11(9-14(19-13)20-17)15(21)18-10-16(6-7-16)12-4-5-12/h8-9,12H,2-7,10,17H2,1H3,(H,18,21)(H,19,20). The van der Waals surface area contributed by atoms with Gasteiger partial charge >= 0.3 is 0 Å². The summed E-state index contributed by atoms with van der Waals surface area (Å²) in [4.78, 5) is 16.7. The van der Waals surface area contributed by atoms with Gasteiger partial charge in [0.25, 0.3) is 5.91 Å². The lowest BCUT2D eigenvalue weighted by atomic mass is 10.0. The highest BCUT2D eigenvalue weighted by atomic mass is 16.1. The normalized spacial score (nSPS) is 19.1. The first-order valence-electron chi connectivity index (χ1n) is 7.92. The summed E-state index contributed by atoms with van der Waals surface area (Å²) in [6.07, 6.45) is 7.06. The molecule has 1 aromatic heterocycles. The van der Waals surface area contributed by atoms with Gasteiger partial charge in [-0.15, -0.1) is 0 Å². The van der Waals surface area contributed by atoms with Crippen LogP contribution in [-0.2, 0) is 6.42 Å². The summed E-state index contributed by atoms with van der Waals surface area (Å²) in [6.45, 7) is 2.91. The monoisotopic (exact) mass is 288 g/mol. The largest absolute Gasteiger partial charge is 0.351 e. The fraction of sp³-hybridized carbons (Fsp3) is 0.625. The van der Waals surface area contributed by atoms with Gasteiger partial charge in [0.1, 0.15) is 5.82 Å². The number of aryl methyl sites for hydroxylation is 1. The number of nitrogen functional groups attached to an aromatic ring is 1. The van der Waals surface area contributed by atoms with Crippen LogP contribution in [0.3, 0.4) is 0 Å². The fourth-order valence-corrected chi connectivity index (χ4v) is 3.12. The van der Waals surface area contributed by atoms with Crippen molar-refractivity contribution in [2.75, 3.05) is 12.0 Å². The molecule has 0 aromatic carbocycles. The van der Waals surface area contributed by atoms with Gasteiger partial charge in [-0.3, -0.25) is 4.79 Å². The lowest BCUT2D eigenvalue weighted by Gasteiger charge is -2.15. The molecule has 5 heteroatoms. The number of nitrogens with two attached hydrogens (primary N) is 1. The second kappa shape index (κ2) is 5.64. The van der Waals surface area contributed by atoms with Crippen molar-refractivity contribution in [1.82, 2.24) is 10.3 Å². The second-order valence-electron chi connectivity index (χ2n) is 6.45. The second-order valence-corrected chi connectivity index (χ2v) is 6.45. The Labute approximate surface area is 125 Å².